The molecule has 0 bridgehead atoms. The molecule has 0 fully saturated rings. The standard InChI is InChI=1S/C8H18N2.H2/c1-5-7-9-8(6-2)10(3)4;/h6,9H,5,7H2,1-4H3;1H/b8-6-;. The second-order valence-electron chi connectivity index (χ2n) is 2.50. The van der Waals surface area contributed by atoms with E-state index in [1.54, 1.807) is 0 Å². The van der Waals surface area contributed by atoms with Crippen molar-refractivity contribution >= 4 is 0 Å². The van der Waals surface area contributed by atoms with Gasteiger partial charge in [-0.15, -0.1) is 0 Å². The van der Waals surface area contributed by atoms with Crippen molar-refractivity contribution in [3.63, 3.8) is 0 Å². The molecule has 0 atom stereocenters. The zero-order valence-corrected chi connectivity index (χ0v) is 7.44. The van der Waals surface area contributed by atoms with Gasteiger partial charge in [-0.3, -0.25) is 0 Å². The van der Waals surface area contributed by atoms with Gasteiger partial charge in [0.25, 0.3) is 0 Å². The van der Waals surface area contributed by atoms with Gasteiger partial charge in [0.2, 0.25) is 0 Å². The van der Waals surface area contributed by atoms with Crippen molar-refractivity contribution < 1.29 is 1.43 Å². The van der Waals surface area contributed by atoms with Crippen LogP contribution in [-0.2, 0) is 0 Å². The molecule has 0 aromatic rings. The maximum absolute atomic E-state index is 3.31. The Kier molecular flexibility index (Phi) is 4.81. The summed E-state index contributed by atoms with van der Waals surface area (Å²) in [5, 5.41) is 3.31. The fourth-order valence-corrected chi connectivity index (χ4v) is 0.771. The van der Waals surface area contributed by atoms with E-state index in [1.807, 2.05) is 21.0 Å². The van der Waals surface area contributed by atoms with E-state index in [4.69, 9.17) is 0 Å². The smallest absolute Gasteiger partial charge is 0.0963 e. The van der Waals surface area contributed by atoms with Crippen LogP contribution in [0.5, 0.6) is 0 Å². The molecule has 0 amide bonds. The van der Waals surface area contributed by atoms with Crippen LogP contribution >= 0.6 is 0 Å². The highest BCUT2D eigenvalue weighted by Crippen LogP contribution is 1.91. The van der Waals surface area contributed by atoms with Crippen molar-refractivity contribution in [3.8, 4) is 0 Å². The summed E-state index contributed by atoms with van der Waals surface area (Å²) < 4.78 is 0. The van der Waals surface area contributed by atoms with Crippen molar-refractivity contribution in [2.45, 2.75) is 20.3 Å². The molecule has 1 N–H and O–H groups in total. The van der Waals surface area contributed by atoms with Gasteiger partial charge in [-0.2, -0.15) is 0 Å². The molecule has 0 unspecified atom stereocenters. The van der Waals surface area contributed by atoms with E-state index >= 15 is 0 Å². The molecule has 0 spiro atoms. The van der Waals surface area contributed by atoms with Gasteiger partial charge in [-0.1, -0.05) is 6.92 Å². The molecule has 0 aromatic carbocycles. The summed E-state index contributed by atoms with van der Waals surface area (Å²) in [5.74, 6) is 1.20. The van der Waals surface area contributed by atoms with Crippen LogP contribution in [0.25, 0.3) is 0 Å². The van der Waals surface area contributed by atoms with E-state index in [0.29, 0.717) is 0 Å². The van der Waals surface area contributed by atoms with Crippen LogP contribution in [0.2, 0.25) is 0 Å². The maximum Gasteiger partial charge on any atom is 0.0963 e. The summed E-state index contributed by atoms with van der Waals surface area (Å²) in [5.41, 5.74) is 0. The third-order valence-electron chi connectivity index (χ3n) is 1.31. The predicted octanol–water partition coefficient (Wildman–Crippen LogP) is 1.65. The predicted molar refractivity (Wildman–Crippen MR) is 47.9 cm³/mol. The lowest BCUT2D eigenvalue weighted by atomic mass is 10.4. The van der Waals surface area contributed by atoms with E-state index in [1.165, 1.54) is 12.2 Å². The highest BCUT2D eigenvalue weighted by atomic mass is 15.2. The number of allylic oxidation sites excluding steroid dienone is 1. The molecule has 0 radical (unpaired) electrons. The van der Waals surface area contributed by atoms with Crippen LogP contribution in [0.1, 0.15) is 21.7 Å². The van der Waals surface area contributed by atoms with E-state index in [0.717, 1.165) is 6.54 Å². The van der Waals surface area contributed by atoms with E-state index in [2.05, 4.69) is 23.2 Å². The van der Waals surface area contributed by atoms with Gasteiger partial charge >= 0.3 is 0 Å². The van der Waals surface area contributed by atoms with Crippen LogP contribution in [0.4, 0.5) is 0 Å². The Labute approximate surface area is 65.4 Å². The Bertz CT molecular complexity index is 111. The molecule has 0 rings (SSSR count). The molecule has 0 saturated heterocycles. The highest BCUT2D eigenvalue weighted by Gasteiger charge is 1.93. The summed E-state index contributed by atoms with van der Waals surface area (Å²) in [7, 11) is 4.08. The fourth-order valence-electron chi connectivity index (χ4n) is 0.771. The van der Waals surface area contributed by atoms with Gasteiger partial charge in [-0.05, 0) is 19.4 Å². The lowest BCUT2D eigenvalue weighted by molar-refractivity contribution is 0.458. The molecule has 0 saturated carbocycles. The average molecular weight is 144 g/mol. The molecule has 2 nitrogen and oxygen atoms in total. The molecular weight excluding hydrogens is 124 g/mol. The quantitative estimate of drug-likeness (QED) is 0.645. The Hall–Kier alpha value is -0.660. The SMILES string of the molecule is C/C=C(/NCCC)N(C)C.[HH]. The number of rotatable bonds is 4. The summed E-state index contributed by atoms with van der Waals surface area (Å²) in [6, 6.07) is 0. The van der Waals surface area contributed by atoms with Crippen molar-refractivity contribution in [2.75, 3.05) is 20.6 Å². The molecule has 0 aromatic heterocycles. The molecular formula is C8H20N2. The topological polar surface area (TPSA) is 15.3 Å². The molecule has 0 aliphatic carbocycles. The zero-order chi connectivity index (χ0) is 7.98. The average Bonchev–Trinajstić information content (AvgIpc) is 1.89. The first-order valence-electron chi connectivity index (χ1n) is 3.79. The molecule has 62 valence electrons. The summed E-state index contributed by atoms with van der Waals surface area (Å²) in [4.78, 5) is 2.08. The van der Waals surface area contributed by atoms with Gasteiger partial charge in [0.1, 0.15) is 0 Å². The molecule has 0 aliphatic heterocycles. The van der Waals surface area contributed by atoms with Gasteiger partial charge < -0.3 is 10.2 Å². The third-order valence-corrected chi connectivity index (χ3v) is 1.31. The molecule has 0 aliphatic rings. The number of hydrogen-bond acceptors (Lipinski definition) is 2. The van der Waals surface area contributed by atoms with Gasteiger partial charge in [0.15, 0.2) is 0 Å². The minimum Gasteiger partial charge on any atom is -0.372 e. The maximum atomic E-state index is 3.31. The van der Waals surface area contributed by atoms with E-state index < -0.39 is 0 Å². The second kappa shape index (κ2) is 5.15. The van der Waals surface area contributed by atoms with Gasteiger partial charge in [0, 0.05) is 22.1 Å². The number of nitrogens with one attached hydrogen (secondary N) is 1. The third kappa shape index (κ3) is 3.38. The lowest BCUT2D eigenvalue weighted by Crippen LogP contribution is -2.25. The minimum absolute atomic E-state index is 0. The van der Waals surface area contributed by atoms with Gasteiger partial charge in [0.05, 0.1) is 5.82 Å². The number of hydrogen-bond donors (Lipinski definition) is 1. The summed E-state index contributed by atoms with van der Waals surface area (Å²) in [6.07, 6.45) is 3.25. The Balaban J connectivity index is 0. The Morgan fingerprint density at radius 2 is 2.20 bits per heavy atom. The Morgan fingerprint density at radius 3 is 2.50 bits per heavy atom. The van der Waals surface area contributed by atoms with Crippen molar-refractivity contribution in [1.82, 2.24) is 10.2 Å². The van der Waals surface area contributed by atoms with Gasteiger partial charge in [-0.25, -0.2) is 0 Å². The largest absolute Gasteiger partial charge is 0.372 e. The van der Waals surface area contributed by atoms with Crippen molar-refractivity contribution in [3.05, 3.63) is 11.9 Å². The molecule has 0 heterocycles. The van der Waals surface area contributed by atoms with Crippen LogP contribution in [0.15, 0.2) is 11.9 Å². The van der Waals surface area contributed by atoms with E-state index in [-0.39, 0.29) is 1.43 Å². The minimum atomic E-state index is 0. The van der Waals surface area contributed by atoms with Crippen molar-refractivity contribution in [1.29, 1.82) is 0 Å². The van der Waals surface area contributed by atoms with E-state index in [9.17, 15) is 0 Å². The van der Waals surface area contributed by atoms with Crippen LogP contribution in [-0.4, -0.2) is 25.5 Å². The van der Waals surface area contributed by atoms with Crippen molar-refractivity contribution in [2.24, 2.45) is 0 Å². The normalized spacial score (nSPS) is 11.4. The number of nitrogens with zero attached hydrogens (tertiary/aromatic N) is 1. The molecule has 10 heavy (non-hydrogen) atoms. The first-order valence-corrected chi connectivity index (χ1v) is 3.79. The molecule has 2 heteroatoms. The fraction of sp³-hybridized carbons (Fsp3) is 0.750. The Morgan fingerprint density at radius 1 is 1.60 bits per heavy atom. The van der Waals surface area contributed by atoms with Crippen LogP contribution < -0.4 is 5.32 Å². The first-order chi connectivity index (χ1) is 4.72. The summed E-state index contributed by atoms with van der Waals surface area (Å²) >= 11 is 0. The highest BCUT2D eigenvalue weighted by molar-refractivity contribution is 4.94. The zero-order valence-electron chi connectivity index (χ0n) is 7.44. The second-order valence-corrected chi connectivity index (χ2v) is 2.50. The summed E-state index contributed by atoms with van der Waals surface area (Å²) in [6.45, 7) is 5.26. The first kappa shape index (κ1) is 9.34. The van der Waals surface area contributed by atoms with Crippen LogP contribution in [0.3, 0.4) is 0 Å². The van der Waals surface area contributed by atoms with Crippen LogP contribution in [0, 0.1) is 0 Å². The monoisotopic (exact) mass is 144 g/mol. The lowest BCUT2D eigenvalue weighted by Gasteiger charge is -2.17.